The molecule has 16 aromatic rings. The molecule has 4 aromatic heterocycles. The van der Waals surface area contributed by atoms with Gasteiger partial charge in [-0.25, -0.2) is 0 Å². The third-order valence-electron chi connectivity index (χ3n) is 15.8. The molecule has 78 heavy (non-hydrogen) atoms. The number of fused-ring (bicyclic) bond motifs is 10. The third-order valence-corrected chi connectivity index (χ3v) is 17.6. The highest BCUT2D eigenvalue weighted by atomic mass is 32.1. The van der Waals surface area contributed by atoms with Crippen LogP contribution in [0.4, 0.5) is 34.1 Å². The molecular formula is C72H46N4S2. The van der Waals surface area contributed by atoms with Gasteiger partial charge in [0.1, 0.15) is 0 Å². The minimum atomic E-state index is 1.10. The Morgan fingerprint density at radius 2 is 0.628 bits per heavy atom. The number of benzene rings is 12. The second kappa shape index (κ2) is 18.0. The van der Waals surface area contributed by atoms with E-state index in [4.69, 9.17) is 0 Å². The fourth-order valence-corrected chi connectivity index (χ4v) is 14.5. The van der Waals surface area contributed by atoms with Gasteiger partial charge in [-0.3, -0.25) is 0 Å². The Kier molecular flexibility index (Phi) is 10.3. The van der Waals surface area contributed by atoms with Gasteiger partial charge < -0.3 is 18.9 Å². The van der Waals surface area contributed by atoms with E-state index < -0.39 is 0 Å². The summed E-state index contributed by atoms with van der Waals surface area (Å²) < 4.78 is 7.31. The van der Waals surface area contributed by atoms with E-state index in [1.54, 1.807) is 0 Å². The molecule has 0 saturated heterocycles. The van der Waals surface area contributed by atoms with Crippen LogP contribution in [-0.4, -0.2) is 9.13 Å². The summed E-state index contributed by atoms with van der Waals surface area (Å²) in [5.41, 5.74) is 16.3. The van der Waals surface area contributed by atoms with Crippen LogP contribution >= 0.6 is 22.7 Å². The van der Waals surface area contributed by atoms with Gasteiger partial charge in [-0.15, -0.1) is 22.7 Å². The van der Waals surface area contributed by atoms with Crippen LogP contribution in [0.3, 0.4) is 0 Å². The van der Waals surface area contributed by atoms with Crippen molar-refractivity contribution < 1.29 is 0 Å². The summed E-state index contributed by atoms with van der Waals surface area (Å²) in [5.74, 6) is 0. The fourth-order valence-electron chi connectivity index (χ4n) is 12.6. The van der Waals surface area contributed by atoms with Crippen molar-refractivity contribution in [3.8, 4) is 22.5 Å². The normalized spacial score (nSPS) is 11.8. The molecule has 0 amide bonds. The Bertz CT molecular complexity index is 4870. The van der Waals surface area contributed by atoms with E-state index in [0.717, 1.165) is 39.8 Å². The van der Waals surface area contributed by atoms with Crippen molar-refractivity contribution in [1.29, 1.82) is 0 Å². The number of nitrogens with zero attached hydrogens (tertiary/aromatic N) is 4. The molecule has 0 bridgehead atoms. The van der Waals surface area contributed by atoms with Gasteiger partial charge in [0.25, 0.3) is 0 Å². The molecule has 6 heteroatoms. The van der Waals surface area contributed by atoms with Crippen molar-refractivity contribution in [3.63, 3.8) is 0 Å². The summed E-state index contributed by atoms with van der Waals surface area (Å²) in [6, 6.07) is 97.9. The molecule has 0 spiro atoms. The lowest BCUT2D eigenvalue weighted by atomic mass is 9.87. The van der Waals surface area contributed by atoms with Crippen LogP contribution in [0.2, 0.25) is 0 Å². The first-order valence-corrected chi connectivity index (χ1v) is 28.2. The monoisotopic (exact) mass is 1030 g/mol. The molecule has 0 N–H and O–H groups in total. The van der Waals surface area contributed by atoms with Crippen LogP contribution in [0.25, 0.3) is 108 Å². The summed E-state index contributed by atoms with van der Waals surface area (Å²) in [6.07, 6.45) is 0. The van der Waals surface area contributed by atoms with Gasteiger partial charge in [0.05, 0.1) is 38.1 Å². The smallest absolute Gasteiger partial charge is 0.0727 e. The highest BCUT2D eigenvalue weighted by molar-refractivity contribution is 7.20. The summed E-state index contributed by atoms with van der Waals surface area (Å²) in [6.45, 7) is 0. The van der Waals surface area contributed by atoms with Gasteiger partial charge in [0.15, 0.2) is 0 Å². The number of hydrogen-bond acceptors (Lipinski definition) is 4. The average Bonchev–Trinajstić information content (AvgIpc) is 4.38. The first kappa shape index (κ1) is 44.6. The van der Waals surface area contributed by atoms with Crippen LogP contribution in [-0.2, 0) is 0 Å². The number of aromatic nitrogens is 2. The van der Waals surface area contributed by atoms with Gasteiger partial charge >= 0.3 is 0 Å². The van der Waals surface area contributed by atoms with Crippen LogP contribution < -0.4 is 9.80 Å². The number of anilines is 6. The maximum atomic E-state index is 2.51. The standard InChI is InChI=1S/C72H46N4S2/c1-5-21-47(22-6-1)73(51-37-39-65-61(45-51)53-29-17-19-35-63(53)75(65)49-25-9-3-10-26-49)69-57-33-15-13-31-55(57)67(56-32-14-16-34-58(56)69)68-59-41-43-78-72(59)70(60-42-44-77-71(60)68)74(48-23-7-2-8-24-48)52-38-40-66-62(46-52)54-30-18-20-36-64(54)76(66)50-27-11-4-12-28-50/h1-46H. The van der Waals surface area contributed by atoms with E-state index in [9.17, 15) is 0 Å². The molecule has 12 aromatic carbocycles. The van der Waals surface area contributed by atoms with E-state index in [0.29, 0.717) is 0 Å². The molecule has 16 rings (SSSR count). The van der Waals surface area contributed by atoms with Crippen LogP contribution in [0.5, 0.6) is 0 Å². The molecule has 0 aliphatic carbocycles. The number of thiophene rings is 2. The quantitative estimate of drug-likeness (QED) is 0.134. The molecule has 0 saturated carbocycles. The van der Waals surface area contributed by atoms with Crippen molar-refractivity contribution in [2.45, 2.75) is 0 Å². The van der Waals surface area contributed by atoms with Crippen molar-refractivity contribution in [1.82, 2.24) is 9.13 Å². The maximum Gasteiger partial charge on any atom is 0.0727 e. The van der Waals surface area contributed by atoms with Crippen LogP contribution in [0, 0.1) is 0 Å². The molecule has 0 aliphatic rings. The van der Waals surface area contributed by atoms with Gasteiger partial charge in [-0.2, -0.15) is 0 Å². The Morgan fingerprint density at radius 1 is 0.244 bits per heavy atom. The zero-order valence-electron chi connectivity index (χ0n) is 42.2. The van der Waals surface area contributed by atoms with E-state index >= 15 is 0 Å². The van der Waals surface area contributed by atoms with E-state index in [-0.39, 0.29) is 0 Å². The molecule has 0 fully saturated rings. The summed E-state index contributed by atoms with van der Waals surface area (Å²) in [7, 11) is 0. The Morgan fingerprint density at radius 3 is 1.13 bits per heavy atom. The molecule has 4 heterocycles. The lowest BCUT2D eigenvalue weighted by Crippen LogP contribution is -2.12. The largest absolute Gasteiger partial charge is 0.309 e. The van der Waals surface area contributed by atoms with Gasteiger partial charge in [0, 0.05) is 87.5 Å². The number of rotatable bonds is 9. The first-order chi connectivity index (χ1) is 38.8. The molecule has 0 atom stereocenters. The summed E-state index contributed by atoms with van der Waals surface area (Å²) >= 11 is 3.67. The first-order valence-electron chi connectivity index (χ1n) is 26.5. The molecule has 4 nitrogen and oxygen atoms in total. The zero-order valence-corrected chi connectivity index (χ0v) is 43.8. The molecule has 0 radical (unpaired) electrons. The molecule has 366 valence electrons. The highest BCUT2D eigenvalue weighted by Gasteiger charge is 2.29. The van der Waals surface area contributed by atoms with Crippen molar-refractivity contribution >= 4 is 142 Å². The SMILES string of the molecule is c1ccc(N(c2ccc3c(c2)c2ccccc2n3-c2ccccc2)c2c3ccccc3c(-c3c4ccsc4c(N(c4ccccc4)c4ccc5c(c4)c4ccccc4n5-c4ccccc4)c4ccsc34)c3ccccc23)cc1. The fraction of sp³-hybridized carbons (Fsp3) is 0. The topological polar surface area (TPSA) is 16.3 Å². The van der Waals surface area contributed by atoms with Gasteiger partial charge in [-0.1, -0.05) is 158 Å². The summed E-state index contributed by atoms with van der Waals surface area (Å²) in [5, 5.41) is 16.7. The number of para-hydroxylation sites is 6. The maximum absolute atomic E-state index is 2.51. The predicted octanol–water partition coefficient (Wildman–Crippen LogP) is 21.2. The third kappa shape index (κ3) is 6.77. The van der Waals surface area contributed by atoms with Crippen molar-refractivity contribution in [2.24, 2.45) is 0 Å². The Labute approximate surface area is 458 Å². The second-order valence-electron chi connectivity index (χ2n) is 20.0. The van der Waals surface area contributed by atoms with Gasteiger partial charge in [0.2, 0.25) is 0 Å². The van der Waals surface area contributed by atoms with Crippen LogP contribution in [0.15, 0.2) is 278 Å². The van der Waals surface area contributed by atoms with E-state index in [2.05, 4.69) is 297 Å². The van der Waals surface area contributed by atoms with E-state index in [1.165, 1.54) is 102 Å². The van der Waals surface area contributed by atoms with Gasteiger partial charge in [-0.05, 0) is 136 Å². The van der Waals surface area contributed by atoms with Crippen LogP contribution in [0.1, 0.15) is 0 Å². The second-order valence-corrected chi connectivity index (χ2v) is 21.8. The molecule has 0 aliphatic heterocycles. The minimum Gasteiger partial charge on any atom is -0.309 e. The minimum absolute atomic E-state index is 1.10. The number of hydrogen-bond donors (Lipinski definition) is 0. The van der Waals surface area contributed by atoms with Crippen molar-refractivity contribution in [3.05, 3.63) is 278 Å². The highest BCUT2D eigenvalue weighted by Crippen LogP contribution is 2.56. The van der Waals surface area contributed by atoms with E-state index in [1.807, 2.05) is 22.7 Å². The lowest BCUT2D eigenvalue weighted by Gasteiger charge is -2.30. The molecule has 0 unspecified atom stereocenters. The van der Waals surface area contributed by atoms with Crippen molar-refractivity contribution in [2.75, 3.05) is 9.80 Å². The zero-order chi connectivity index (χ0) is 51.3. The Balaban J connectivity index is 0.938. The average molecular weight is 1030 g/mol. The predicted molar refractivity (Wildman–Crippen MR) is 336 cm³/mol. The summed E-state index contributed by atoms with van der Waals surface area (Å²) in [4.78, 5) is 5.01. The lowest BCUT2D eigenvalue weighted by molar-refractivity contribution is 1.18. The molecular weight excluding hydrogens is 985 g/mol. The Hall–Kier alpha value is -9.72.